The third-order valence-electron chi connectivity index (χ3n) is 3.69. The molecule has 20 heavy (non-hydrogen) atoms. The molecule has 1 amide bonds. The zero-order chi connectivity index (χ0) is 13.9. The van der Waals surface area contributed by atoms with Crippen LogP contribution in [0.25, 0.3) is 0 Å². The van der Waals surface area contributed by atoms with Gasteiger partial charge in [0.1, 0.15) is 5.82 Å². The largest absolute Gasteiger partial charge is 0.392 e. The van der Waals surface area contributed by atoms with Gasteiger partial charge in [-0.3, -0.25) is 4.79 Å². The molecule has 1 saturated carbocycles. The summed E-state index contributed by atoms with van der Waals surface area (Å²) < 4.78 is 13.5. The van der Waals surface area contributed by atoms with Crippen molar-refractivity contribution in [2.45, 2.75) is 44.4 Å². The van der Waals surface area contributed by atoms with Crippen molar-refractivity contribution in [3.8, 4) is 0 Å². The molecule has 112 valence electrons. The van der Waals surface area contributed by atoms with E-state index in [1.54, 1.807) is 6.07 Å². The molecule has 6 heteroatoms. The normalized spacial score (nSPS) is 16.6. The second-order valence-corrected chi connectivity index (χ2v) is 5.13. The zero-order valence-electron chi connectivity index (χ0n) is 11.2. The first-order valence-corrected chi connectivity index (χ1v) is 6.50. The maximum atomic E-state index is 13.5. The molecule has 0 heterocycles. The average Bonchev–Trinajstić information content (AvgIpc) is 2.84. The number of hydrogen-bond donors (Lipinski definition) is 3. The number of benzene rings is 1. The molecule has 0 aromatic heterocycles. The fourth-order valence-corrected chi connectivity index (χ4v) is 2.42. The highest BCUT2D eigenvalue weighted by Crippen LogP contribution is 2.27. The standard InChI is InChI=1S/C14H19FN2O2.ClH/c15-12-7-10(3-4-11(12)9-18)8-17-13(19)14(16)5-1-2-6-14;/h3-4,7,18H,1-2,5-6,8-9,16H2,(H,17,19);1H. The number of carbonyl (C=O) groups is 1. The lowest BCUT2D eigenvalue weighted by molar-refractivity contribution is -0.126. The molecule has 1 aromatic carbocycles. The highest BCUT2D eigenvalue weighted by molar-refractivity contribution is 5.86. The molecule has 0 bridgehead atoms. The van der Waals surface area contributed by atoms with Crippen LogP contribution in [-0.4, -0.2) is 16.6 Å². The van der Waals surface area contributed by atoms with Crippen LogP contribution in [0.3, 0.4) is 0 Å². The Bertz CT molecular complexity index is 476. The summed E-state index contributed by atoms with van der Waals surface area (Å²) in [6, 6.07) is 4.53. The number of hydrogen-bond acceptors (Lipinski definition) is 3. The molecule has 4 nitrogen and oxygen atoms in total. The molecule has 1 aromatic rings. The number of rotatable bonds is 4. The topological polar surface area (TPSA) is 75.4 Å². The predicted octanol–water partition coefficient (Wildman–Crippen LogP) is 1.63. The number of amides is 1. The summed E-state index contributed by atoms with van der Waals surface area (Å²) >= 11 is 0. The van der Waals surface area contributed by atoms with Gasteiger partial charge in [-0.15, -0.1) is 12.4 Å². The summed E-state index contributed by atoms with van der Waals surface area (Å²) in [5, 5.41) is 11.6. The Balaban J connectivity index is 0.00000200. The van der Waals surface area contributed by atoms with Crippen LogP contribution < -0.4 is 11.1 Å². The molecule has 2 rings (SSSR count). The lowest BCUT2D eigenvalue weighted by Gasteiger charge is -2.22. The van der Waals surface area contributed by atoms with Crippen molar-refractivity contribution in [1.29, 1.82) is 0 Å². The van der Waals surface area contributed by atoms with Crippen molar-refractivity contribution in [3.05, 3.63) is 35.1 Å². The molecule has 0 spiro atoms. The number of aliphatic hydroxyl groups excluding tert-OH is 1. The van der Waals surface area contributed by atoms with E-state index in [-0.39, 0.29) is 37.0 Å². The molecule has 1 fully saturated rings. The maximum absolute atomic E-state index is 13.5. The lowest BCUT2D eigenvalue weighted by atomic mass is 9.98. The van der Waals surface area contributed by atoms with Crippen LogP contribution in [0.1, 0.15) is 36.8 Å². The van der Waals surface area contributed by atoms with Crippen LogP contribution in [0.15, 0.2) is 18.2 Å². The van der Waals surface area contributed by atoms with E-state index < -0.39 is 11.4 Å². The van der Waals surface area contributed by atoms with Crippen molar-refractivity contribution in [1.82, 2.24) is 5.32 Å². The van der Waals surface area contributed by atoms with Crippen LogP contribution in [-0.2, 0) is 17.9 Å². The van der Waals surface area contributed by atoms with Gasteiger partial charge in [0.2, 0.25) is 5.91 Å². The first-order valence-electron chi connectivity index (χ1n) is 6.50. The van der Waals surface area contributed by atoms with E-state index in [2.05, 4.69) is 5.32 Å². The van der Waals surface area contributed by atoms with Gasteiger partial charge in [0.05, 0.1) is 12.1 Å². The minimum atomic E-state index is -0.760. The van der Waals surface area contributed by atoms with Crippen molar-refractivity contribution in [2.24, 2.45) is 5.73 Å². The Labute approximate surface area is 124 Å². The highest BCUT2D eigenvalue weighted by atomic mass is 35.5. The third kappa shape index (κ3) is 3.69. The van der Waals surface area contributed by atoms with Gasteiger partial charge in [-0.05, 0) is 24.5 Å². The van der Waals surface area contributed by atoms with Crippen LogP contribution in [0.5, 0.6) is 0 Å². The van der Waals surface area contributed by atoms with Crippen molar-refractivity contribution < 1.29 is 14.3 Å². The predicted molar refractivity (Wildman–Crippen MR) is 76.8 cm³/mol. The molecule has 1 aliphatic rings. The average molecular weight is 303 g/mol. The minimum absolute atomic E-state index is 0. The van der Waals surface area contributed by atoms with Crippen LogP contribution in [0, 0.1) is 5.82 Å². The van der Waals surface area contributed by atoms with Crippen LogP contribution in [0.4, 0.5) is 4.39 Å². The van der Waals surface area contributed by atoms with E-state index in [1.165, 1.54) is 12.1 Å². The molecule has 0 saturated heterocycles. The first-order chi connectivity index (χ1) is 9.05. The van der Waals surface area contributed by atoms with E-state index in [9.17, 15) is 9.18 Å². The van der Waals surface area contributed by atoms with E-state index in [0.717, 1.165) is 12.8 Å². The Morgan fingerprint density at radius 1 is 1.40 bits per heavy atom. The molecule has 0 radical (unpaired) electrons. The molecule has 0 unspecified atom stereocenters. The quantitative estimate of drug-likeness (QED) is 0.791. The van der Waals surface area contributed by atoms with Crippen molar-refractivity contribution in [3.63, 3.8) is 0 Å². The first kappa shape index (κ1) is 16.9. The number of aliphatic hydroxyl groups is 1. The number of halogens is 2. The third-order valence-corrected chi connectivity index (χ3v) is 3.69. The van der Waals surface area contributed by atoms with Gasteiger partial charge in [-0.25, -0.2) is 4.39 Å². The Kier molecular flexibility index (Phi) is 5.92. The number of nitrogens with one attached hydrogen (secondary N) is 1. The summed E-state index contributed by atoms with van der Waals surface area (Å²) in [5.74, 6) is -0.630. The lowest BCUT2D eigenvalue weighted by Crippen LogP contribution is -2.51. The molecular formula is C14H20ClFN2O2. The van der Waals surface area contributed by atoms with Crippen LogP contribution in [0.2, 0.25) is 0 Å². The summed E-state index contributed by atoms with van der Waals surface area (Å²) in [5.41, 5.74) is 6.17. The van der Waals surface area contributed by atoms with Gasteiger partial charge in [0.25, 0.3) is 0 Å². The van der Waals surface area contributed by atoms with Crippen LogP contribution >= 0.6 is 12.4 Å². The summed E-state index contributed by atoms with van der Waals surface area (Å²) in [7, 11) is 0. The van der Waals surface area contributed by atoms with E-state index >= 15 is 0 Å². The van der Waals surface area contributed by atoms with Crippen molar-refractivity contribution >= 4 is 18.3 Å². The van der Waals surface area contributed by atoms with Gasteiger partial charge in [-0.1, -0.05) is 25.0 Å². The summed E-state index contributed by atoms with van der Waals surface area (Å²) in [6.45, 7) is -0.0786. The number of carbonyl (C=O) groups excluding carboxylic acids is 1. The maximum Gasteiger partial charge on any atom is 0.240 e. The van der Waals surface area contributed by atoms with E-state index in [1.807, 2.05) is 0 Å². The fourth-order valence-electron chi connectivity index (χ4n) is 2.42. The van der Waals surface area contributed by atoms with Gasteiger partial charge in [-0.2, -0.15) is 0 Å². The monoisotopic (exact) mass is 302 g/mol. The highest BCUT2D eigenvalue weighted by Gasteiger charge is 2.36. The van der Waals surface area contributed by atoms with Gasteiger partial charge >= 0.3 is 0 Å². The second kappa shape index (κ2) is 7.02. The van der Waals surface area contributed by atoms with E-state index in [4.69, 9.17) is 10.8 Å². The Hall–Kier alpha value is -1.17. The van der Waals surface area contributed by atoms with Crippen molar-refractivity contribution in [2.75, 3.05) is 0 Å². The number of nitrogens with two attached hydrogens (primary N) is 1. The molecule has 1 aliphatic carbocycles. The molecule has 0 aliphatic heterocycles. The minimum Gasteiger partial charge on any atom is -0.392 e. The van der Waals surface area contributed by atoms with Gasteiger partial charge in [0.15, 0.2) is 0 Å². The summed E-state index contributed by atoms with van der Waals surface area (Å²) in [6.07, 6.45) is 3.36. The SMILES string of the molecule is Cl.NC1(C(=O)NCc2ccc(CO)c(F)c2)CCCC1. The Morgan fingerprint density at radius 3 is 2.60 bits per heavy atom. The molecule has 4 N–H and O–H groups in total. The van der Waals surface area contributed by atoms with Gasteiger partial charge < -0.3 is 16.2 Å². The molecule has 0 atom stereocenters. The summed E-state index contributed by atoms with van der Waals surface area (Å²) in [4.78, 5) is 12.0. The Morgan fingerprint density at radius 2 is 2.05 bits per heavy atom. The van der Waals surface area contributed by atoms with Gasteiger partial charge in [0, 0.05) is 12.1 Å². The van der Waals surface area contributed by atoms with E-state index in [0.29, 0.717) is 18.4 Å². The smallest absolute Gasteiger partial charge is 0.240 e. The molecular weight excluding hydrogens is 283 g/mol. The fraction of sp³-hybridized carbons (Fsp3) is 0.500. The second-order valence-electron chi connectivity index (χ2n) is 5.13. The zero-order valence-corrected chi connectivity index (χ0v) is 12.0.